The molecule has 0 amide bonds. The normalized spacial score (nSPS) is 14.0. The lowest BCUT2D eigenvalue weighted by Crippen LogP contribution is -2.38. The van der Waals surface area contributed by atoms with Crippen molar-refractivity contribution in [2.24, 2.45) is 10.9 Å². The Morgan fingerprint density at radius 2 is 1.63 bits per heavy atom. The van der Waals surface area contributed by atoms with E-state index in [0.717, 1.165) is 37.9 Å². The van der Waals surface area contributed by atoms with Gasteiger partial charge in [-0.3, -0.25) is 9.79 Å². The molecule has 3 heteroatoms. The first kappa shape index (κ1) is 24.4. The zero-order valence-corrected chi connectivity index (χ0v) is 20.1. The van der Waals surface area contributed by atoms with Crippen LogP contribution in [0.1, 0.15) is 70.1 Å². The van der Waals surface area contributed by atoms with E-state index in [0.29, 0.717) is 5.92 Å². The molecule has 0 aliphatic heterocycles. The van der Waals surface area contributed by atoms with Crippen LogP contribution in [0.4, 0.5) is 0 Å². The molecule has 30 heavy (non-hydrogen) atoms. The number of carbonyl (C=O) groups excluding carboxylic acids is 1. The van der Waals surface area contributed by atoms with Crippen molar-refractivity contribution >= 4 is 22.6 Å². The van der Waals surface area contributed by atoms with Crippen LogP contribution in [0.15, 0.2) is 59.6 Å². The van der Waals surface area contributed by atoms with Crippen LogP contribution in [0, 0.1) is 5.92 Å². The first-order chi connectivity index (χ1) is 14.4. The number of hydrogen-bond acceptors (Lipinski definition) is 3. The molecule has 162 valence electrons. The van der Waals surface area contributed by atoms with E-state index in [1.54, 1.807) is 6.92 Å². The lowest BCUT2D eigenvalue weighted by Gasteiger charge is -2.38. The Hall–Kier alpha value is -1.87. The zero-order chi connectivity index (χ0) is 22.0. The number of benzene rings is 2. The summed E-state index contributed by atoms with van der Waals surface area (Å²) >= 11 is 1.43. The van der Waals surface area contributed by atoms with E-state index in [1.165, 1.54) is 34.2 Å². The molecule has 0 aliphatic carbocycles. The minimum atomic E-state index is -0.185. The Labute approximate surface area is 187 Å². The molecule has 0 aromatic heterocycles. The van der Waals surface area contributed by atoms with Crippen molar-refractivity contribution in [3.63, 3.8) is 0 Å². The summed E-state index contributed by atoms with van der Waals surface area (Å²) in [6.07, 6.45) is 5.23. The zero-order valence-electron chi connectivity index (χ0n) is 19.3. The Bertz CT molecular complexity index is 811. The van der Waals surface area contributed by atoms with Gasteiger partial charge in [0.2, 0.25) is 0 Å². The standard InChI is InChI=1S/C27H37NOS/c1-6-26(28-5)27(20-21(2)3,24-13-8-7-9-14-24)25-17-15-23(16-18-25)12-10-11-19-30-22(4)29/h7-9,13-18,21H,6,10-12,19-20H2,1-5H3/b28-26+. The molecule has 2 aromatic rings. The third-order valence-corrected chi connectivity index (χ3v) is 6.59. The minimum Gasteiger partial charge on any atom is -0.296 e. The Morgan fingerprint density at radius 1 is 1.00 bits per heavy atom. The van der Waals surface area contributed by atoms with Crippen molar-refractivity contribution in [1.82, 2.24) is 0 Å². The smallest absolute Gasteiger partial charge is 0.185 e. The molecule has 0 bridgehead atoms. The summed E-state index contributed by atoms with van der Waals surface area (Å²) in [6, 6.07) is 20.1. The summed E-state index contributed by atoms with van der Waals surface area (Å²) in [5.41, 5.74) is 5.09. The highest BCUT2D eigenvalue weighted by Gasteiger charge is 2.38. The highest BCUT2D eigenvalue weighted by atomic mass is 32.2. The fourth-order valence-corrected chi connectivity index (χ4v) is 5.08. The second kappa shape index (κ2) is 12.1. The molecule has 0 N–H and O–H groups in total. The summed E-state index contributed by atoms with van der Waals surface area (Å²) in [5.74, 6) is 1.47. The maximum absolute atomic E-state index is 11.1. The van der Waals surface area contributed by atoms with E-state index in [4.69, 9.17) is 4.99 Å². The molecule has 2 nitrogen and oxygen atoms in total. The summed E-state index contributed by atoms with van der Waals surface area (Å²) in [7, 11) is 1.93. The summed E-state index contributed by atoms with van der Waals surface area (Å²) in [6.45, 7) is 8.46. The molecule has 2 aromatic carbocycles. The predicted octanol–water partition coefficient (Wildman–Crippen LogP) is 7.10. The van der Waals surface area contributed by atoms with Gasteiger partial charge >= 0.3 is 0 Å². The Morgan fingerprint density at radius 3 is 2.17 bits per heavy atom. The lowest BCUT2D eigenvalue weighted by molar-refractivity contribution is -0.109. The summed E-state index contributed by atoms with van der Waals surface area (Å²) in [4.78, 5) is 15.8. The molecule has 0 spiro atoms. The number of rotatable bonds is 11. The van der Waals surface area contributed by atoms with Crippen molar-refractivity contribution in [2.75, 3.05) is 12.8 Å². The number of carbonyl (C=O) groups is 1. The molecular weight excluding hydrogens is 386 g/mol. The highest BCUT2D eigenvalue weighted by Crippen LogP contribution is 2.41. The molecule has 1 atom stereocenters. The van der Waals surface area contributed by atoms with E-state index in [1.807, 2.05) is 7.05 Å². The van der Waals surface area contributed by atoms with Gasteiger partial charge in [-0.05, 0) is 54.7 Å². The number of aliphatic imine (C=N–C) groups is 1. The van der Waals surface area contributed by atoms with Crippen LogP contribution in [0.2, 0.25) is 0 Å². The molecule has 0 radical (unpaired) electrons. The molecule has 0 saturated carbocycles. The number of nitrogens with zero attached hydrogens (tertiary/aromatic N) is 1. The van der Waals surface area contributed by atoms with Gasteiger partial charge in [-0.2, -0.15) is 0 Å². The van der Waals surface area contributed by atoms with Crippen molar-refractivity contribution in [3.8, 4) is 0 Å². The van der Waals surface area contributed by atoms with Crippen LogP contribution in [-0.2, 0) is 16.6 Å². The monoisotopic (exact) mass is 423 g/mol. The average molecular weight is 424 g/mol. The van der Waals surface area contributed by atoms with E-state index in [9.17, 15) is 4.79 Å². The van der Waals surface area contributed by atoms with E-state index in [2.05, 4.69) is 75.4 Å². The maximum atomic E-state index is 11.1. The third-order valence-electron chi connectivity index (χ3n) is 5.69. The van der Waals surface area contributed by atoms with Gasteiger partial charge < -0.3 is 0 Å². The number of unbranched alkanes of at least 4 members (excludes halogenated alkanes) is 1. The van der Waals surface area contributed by atoms with Gasteiger partial charge in [-0.1, -0.05) is 87.1 Å². The van der Waals surface area contributed by atoms with Crippen LogP contribution in [0.5, 0.6) is 0 Å². The number of thioether (sulfide) groups is 1. The quantitative estimate of drug-likeness (QED) is 0.285. The molecule has 1 unspecified atom stereocenters. The second-order valence-electron chi connectivity index (χ2n) is 8.39. The molecular formula is C27H37NOS. The van der Waals surface area contributed by atoms with Crippen molar-refractivity contribution < 1.29 is 4.79 Å². The molecule has 0 heterocycles. The van der Waals surface area contributed by atoms with Crippen LogP contribution in [0.3, 0.4) is 0 Å². The predicted molar refractivity (Wildman–Crippen MR) is 133 cm³/mol. The Kier molecular flexibility index (Phi) is 9.84. The lowest BCUT2D eigenvalue weighted by atomic mass is 9.65. The van der Waals surface area contributed by atoms with Crippen LogP contribution in [-0.4, -0.2) is 23.6 Å². The maximum Gasteiger partial charge on any atom is 0.185 e. The van der Waals surface area contributed by atoms with Gasteiger partial charge in [0.15, 0.2) is 5.12 Å². The second-order valence-corrected chi connectivity index (χ2v) is 9.66. The number of hydrogen-bond donors (Lipinski definition) is 0. The van der Waals surface area contributed by atoms with Crippen LogP contribution in [0.25, 0.3) is 0 Å². The van der Waals surface area contributed by atoms with Crippen LogP contribution >= 0.6 is 11.8 Å². The summed E-state index contributed by atoms with van der Waals surface area (Å²) < 4.78 is 0. The highest BCUT2D eigenvalue weighted by molar-refractivity contribution is 8.13. The van der Waals surface area contributed by atoms with Gasteiger partial charge in [0.25, 0.3) is 0 Å². The van der Waals surface area contributed by atoms with E-state index in [-0.39, 0.29) is 10.5 Å². The van der Waals surface area contributed by atoms with E-state index < -0.39 is 0 Å². The first-order valence-corrected chi connectivity index (χ1v) is 12.2. The fourth-order valence-electron chi connectivity index (χ4n) is 4.44. The molecule has 2 rings (SSSR count). The Balaban J connectivity index is 2.33. The van der Waals surface area contributed by atoms with Gasteiger partial charge in [-0.25, -0.2) is 0 Å². The SMILES string of the molecule is CC/C(=N\C)C(CC(C)C)(c1ccccc1)c1ccc(CCCCSC(C)=O)cc1. The van der Waals surface area contributed by atoms with Gasteiger partial charge in [-0.15, -0.1) is 0 Å². The van der Waals surface area contributed by atoms with E-state index >= 15 is 0 Å². The third kappa shape index (κ3) is 6.31. The molecule has 0 aliphatic rings. The van der Waals surface area contributed by atoms with Crippen molar-refractivity contribution in [2.45, 2.75) is 65.2 Å². The topological polar surface area (TPSA) is 29.4 Å². The molecule has 0 saturated heterocycles. The van der Waals surface area contributed by atoms with Crippen molar-refractivity contribution in [1.29, 1.82) is 0 Å². The first-order valence-electron chi connectivity index (χ1n) is 11.2. The fraction of sp³-hybridized carbons (Fsp3) is 0.481. The van der Waals surface area contributed by atoms with Crippen molar-refractivity contribution in [3.05, 3.63) is 71.3 Å². The number of aryl methyl sites for hydroxylation is 1. The largest absolute Gasteiger partial charge is 0.296 e. The van der Waals surface area contributed by atoms with Gasteiger partial charge in [0.05, 0.1) is 5.41 Å². The van der Waals surface area contributed by atoms with Gasteiger partial charge in [0, 0.05) is 25.4 Å². The summed E-state index contributed by atoms with van der Waals surface area (Å²) in [5, 5.41) is 0.214. The van der Waals surface area contributed by atoms with Crippen LogP contribution < -0.4 is 0 Å². The van der Waals surface area contributed by atoms with Gasteiger partial charge in [0.1, 0.15) is 0 Å². The minimum absolute atomic E-state index is 0.185. The molecule has 0 fully saturated rings. The average Bonchev–Trinajstić information content (AvgIpc) is 2.74.